The number of aryl methyl sites for hydroxylation is 2. The maximum absolute atomic E-state index is 13.7. The Morgan fingerprint density at radius 1 is 1.21 bits per heavy atom. The van der Waals surface area contributed by atoms with Crippen molar-refractivity contribution in [1.82, 2.24) is 14.5 Å². The number of furan rings is 1. The number of rotatable bonds is 8. The molecule has 4 aromatic rings. The standard InChI is InChI=1S/C26H28N4O7S2/c1-15-12-18(39(33,34)21-8-11-37-16(21)2)14-23(31)30(15)20(13-17-6-9-36-10-7-17)24(32)29-26-27-19-4-5-22(35-3)28-25(19)38-26/h4-5,8,11-12,14,17,20H,6-7,9-10,13H2,1-3H3,(H,27,29,32)/t20-/m0/s1. The summed E-state index contributed by atoms with van der Waals surface area (Å²) in [6, 6.07) is 6.39. The van der Waals surface area contributed by atoms with Gasteiger partial charge in [0.15, 0.2) is 5.13 Å². The zero-order valence-electron chi connectivity index (χ0n) is 21.7. The van der Waals surface area contributed by atoms with Gasteiger partial charge in [-0.25, -0.2) is 18.4 Å². The fourth-order valence-electron chi connectivity index (χ4n) is 4.80. The first kappa shape index (κ1) is 27.0. The predicted molar refractivity (Wildman–Crippen MR) is 144 cm³/mol. The molecule has 1 aliphatic rings. The number of nitrogens with zero attached hydrogens (tertiary/aromatic N) is 3. The Morgan fingerprint density at radius 3 is 2.64 bits per heavy atom. The van der Waals surface area contributed by atoms with Gasteiger partial charge in [0, 0.05) is 31.0 Å². The zero-order valence-corrected chi connectivity index (χ0v) is 23.3. The molecule has 0 aromatic carbocycles. The van der Waals surface area contributed by atoms with Gasteiger partial charge in [0.25, 0.3) is 5.56 Å². The first-order valence-corrected chi connectivity index (χ1v) is 14.7. The molecule has 1 amide bonds. The average molecular weight is 573 g/mol. The maximum atomic E-state index is 13.7. The Kier molecular flexibility index (Phi) is 7.56. The molecule has 39 heavy (non-hydrogen) atoms. The summed E-state index contributed by atoms with van der Waals surface area (Å²) >= 11 is 1.20. The first-order chi connectivity index (χ1) is 18.7. The third kappa shape index (κ3) is 5.47. The minimum absolute atomic E-state index is 0.00313. The van der Waals surface area contributed by atoms with Crippen LogP contribution < -0.4 is 15.6 Å². The molecule has 5 heterocycles. The van der Waals surface area contributed by atoms with Gasteiger partial charge in [-0.3, -0.25) is 9.59 Å². The minimum atomic E-state index is -3.98. The Balaban J connectivity index is 1.50. The van der Waals surface area contributed by atoms with Crippen molar-refractivity contribution >= 4 is 42.6 Å². The van der Waals surface area contributed by atoms with Gasteiger partial charge in [0.1, 0.15) is 27.0 Å². The number of pyridine rings is 2. The molecule has 13 heteroatoms. The van der Waals surface area contributed by atoms with Gasteiger partial charge in [-0.1, -0.05) is 11.3 Å². The quantitative estimate of drug-likeness (QED) is 0.332. The number of thiazole rings is 1. The Morgan fingerprint density at radius 2 is 1.97 bits per heavy atom. The predicted octanol–water partition coefficient (Wildman–Crippen LogP) is 3.90. The average Bonchev–Trinajstić information content (AvgIpc) is 3.53. The van der Waals surface area contributed by atoms with Crippen LogP contribution in [0.1, 0.15) is 36.8 Å². The highest BCUT2D eigenvalue weighted by atomic mass is 32.2. The van der Waals surface area contributed by atoms with E-state index in [0.717, 1.165) is 18.9 Å². The molecule has 0 aliphatic carbocycles. The van der Waals surface area contributed by atoms with Gasteiger partial charge in [0.2, 0.25) is 21.6 Å². The highest BCUT2D eigenvalue weighted by molar-refractivity contribution is 7.91. The van der Waals surface area contributed by atoms with Crippen LogP contribution in [0.5, 0.6) is 5.88 Å². The normalized spacial score (nSPS) is 15.4. The summed E-state index contributed by atoms with van der Waals surface area (Å²) in [6.07, 6.45) is 3.20. The number of hydrogen-bond donors (Lipinski definition) is 1. The van der Waals surface area contributed by atoms with E-state index in [0.29, 0.717) is 46.7 Å². The van der Waals surface area contributed by atoms with Gasteiger partial charge < -0.3 is 23.8 Å². The molecule has 1 atom stereocenters. The highest BCUT2D eigenvalue weighted by Gasteiger charge is 2.30. The molecule has 0 saturated carbocycles. The van der Waals surface area contributed by atoms with Crippen LogP contribution >= 0.6 is 11.3 Å². The molecule has 1 fully saturated rings. The summed E-state index contributed by atoms with van der Waals surface area (Å²) in [6.45, 7) is 4.34. The van der Waals surface area contributed by atoms with Crippen molar-refractivity contribution in [2.45, 2.75) is 48.9 Å². The minimum Gasteiger partial charge on any atom is -0.481 e. The summed E-state index contributed by atoms with van der Waals surface area (Å²) in [4.78, 5) is 36.4. The van der Waals surface area contributed by atoms with E-state index in [1.165, 1.54) is 41.4 Å². The molecule has 11 nitrogen and oxygen atoms in total. The van der Waals surface area contributed by atoms with Crippen LogP contribution in [0.4, 0.5) is 5.13 Å². The number of ether oxygens (including phenoxy) is 2. The molecule has 0 radical (unpaired) electrons. The smallest absolute Gasteiger partial charge is 0.252 e. The molecule has 4 aromatic heterocycles. The molecule has 0 spiro atoms. The van der Waals surface area contributed by atoms with Gasteiger partial charge in [0.05, 0.1) is 18.3 Å². The monoisotopic (exact) mass is 572 g/mol. The number of hydrogen-bond acceptors (Lipinski definition) is 10. The van der Waals surface area contributed by atoms with Crippen LogP contribution in [0.15, 0.2) is 55.6 Å². The molecule has 0 bridgehead atoms. The third-order valence-corrected chi connectivity index (χ3v) is 9.57. The summed E-state index contributed by atoms with van der Waals surface area (Å²) in [5, 5.41) is 3.19. The van der Waals surface area contributed by atoms with Gasteiger partial charge >= 0.3 is 0 Å². The molecule has 5 rings (SSSR count). The summed E-state index contributed by atoms with van der Waals surface area (Å²) < 4.78 is 43.6. The van der Waals surface area contributed by atoms with E-state index in [9.17, 15) is 18.0 Å². The highest BCUT2D eigenvalue weighted by Crippen LogP contribution is 2.31. The fourth-order valence-corrected chi connectivity index (χ4v) is 7.13. The number of methoxy groups -OCH3 is 1. The van der Waals surface area contributed by atoms with Crippen molar-refractivity contribution in [3.05, 3.63) is 58.4 Å². The van der Waals surface area contributed by atoms with E-state index in [1.54, 1.807) is 26.0 Å². The molecule has 206 valence electrons. The van der Waals surface area contributed by atoms with Crippen molar-refractivity contribution in [1.29, 1.82) is 0 Å². The van der Waals surface area contributed by atoms with Crippen molar-refractivity contribution < 1.29 is 27.1 Å². The van der Waals surface area contributed by atoms with Crippen molar-refractivity contribution in [3.8, 4) is 5.88 Å². The second kappa shape index (κ2) is 10.9. The van der Waals surface area contributed by atoms with Crippen LogP contribution in [0.2, 0.25) is 0 Å². The topological polar surface area (TPSA) is 143 Å². The molecule has 0 unspecified atom stereocenters. The third-order valence-electron chi connectivity index (χ3n) is 6.83. The summed E-state index contributed by atoms with van der Waals surface area (Å²) in [5.41, 5.74) is 0.372. The summed E-state index contributed by atoms with van der Waals surface area (Å²) in [5.74, 6) is 0.402. The lowest BCUT2D eigenvalue weighted by atomic mass is 9.91. The van der Waals surface area contributed by atoms with Crippen LogP contribution in [0.3, 0.4) is 0 Å². The van der Waals surface area contributed by atoms with E-state index in [1.807, 2.05) is 0 Å². The molecular weight excluding hydrogens is 544 g/mol. The lowest BCUT2D eigenvalue weighted by Crippen LogP contribution is -2.36. The number of nitrogens with one attached hydrogen (secondary N) is 1. The number of carbonyl (C=O) groups is 1. The van der Waals surface area contributed by atoms with E-state index in [4.69, 9.17) is 13.9 Å². The zero-order chi connectivity index (χ0) is 27.7. The number of anilines is 1. The fraction of sp³-hybridized carbons (Fsp3) is 0.385. The van der Waals surface area contributed by atoms with E-state index in [2.05, 4.69) is 15.3 Å². The van der Waals surface area contributed by atoms with Crippen LogP contribution in [0.25, 0.3) is 10.3 Å². The Labute approximate surface area is 228 Å². The lowest BCUT2D eigenvalue weighted by molar-refractivity contribution is -0.120. The second-order valence-electron chi connectivity index (χ2n) is 9.38. The van der Waals surface area contributed by atoms with E-state index < -0.39 is 27.3 Å². The summed E-state index contributed by atoms with van der Waals surface area (Å²) in [7, 11) is -2.46. The maximum Gasteiger partial charge on any atom is 0.252 e. The Hall–Kier alpha value is -3.55. The lowest BCUT2D eigenvalue weighted by Gasteiger charge is -2.28. The number of amides is 1. The van der Waals surface area contributed by atoms with Gasteiger partial charge in [-0.05, 0) is 57.2 Å². The van der Waals surface area contributed by atoms with Crippen LogP contribution in [-0.4, -0.2) is 49.2 Å². The number of fused-ring (bicyclic) bond motifs is 1. The molecule has 1 saturated heterocycles. The van der Waals surface area contributed by atoms with Crippen molar-refractivity contribution in [2.24, 2.45) is 5.92 Å². The largest absolute Gasteiger partial charge is 0.481 e. The van der Waals surface area contributed by atoms with Crippen molar-refractivity contribution in [2.75, 3.05) is 25.6 Å². The van der Waals surface area contributed by atoms with Crippen LogP contribution in [-0.2, 0) is 19.4 Å². The molecule has 1 aliphatic heterocycles. The number of aromatic nitrogens is 3. The van der Waals surface area contributed by atoms with E-state index >= 15 is 0 Å². The number of carbonyl (C=O) groups excluding carboxylic acids is 1. The molecular formula is C26H28N4O7S2. The number of sulfone groups is 1. The molecule has 1 N–H and O–H groups in total. The Bertz CT molecular complexity index is 1680. The van der Waals surface area contributed by atoms with Gasteiger partial charge in [-0.15, -0.1) is 0 Å². The van der Waals surface area contributed by atoms with Crippen LogP contribution in [0, 0.1) is 19.8 Å². The first-order valence-electron chi connectivity index (χ1n) is 12.4. The van der Waals surface area contributed by atoms with Gasteiger partial charge in [-0.2, -0.15) is 0 Å². The van der Waals surface area contributed by atoms with E-state index in [-0.39, 0.29) is 21.5 Å². The van der Waals surface area contributed by atoms with Crippen molar-refractivity contribution in [3.63, 3.8) is 0 Å². The SMILES string of the molecule is COc1ccc2nc(NC(=O)[C@H](CC3CCOCC3)n3c(C)cc(S(=O)(=O)c4ccoc4C)cc3=O)sc2n1. The second-order valence-corrected chi connectivity index (χ2v) is 12.3.